The summed E-state index contributed by atoms with van der Waals surface area (Å²) in [5.74, 6) is -0.696. The van der Waals surface area contributed by atoms with Crippen LogP contribution in [0.5, 0.6) is 5.75 Å². The molecular weight excluding hydrogens is 587 g/mol. The number of carbonyl (C=O) groups is 2. The summed E-state index contributed by atoms with van der Waals surface area (Å²) in [6.07, 6.45) is 0.0155. The van der Waals surface area contributed by atoms with E-state index in [2.05, 4.69) is 26.1 Å². The summed E-state index contributed by atoms with van der Waals surface area (Å²) < 4.78 is 34.0. The minimum Gasteiger partial charge on any atom is -0.493 e. The number of amides is 2. The van der Waals surface area contributed by atoms with Crippen molar-refractivity contribution in [1.82, 2.24) is 14.5 Å². The molecule has 0 bridgehead atoms. The minimum atomic E-state index is -4.19. The van der Waals surface area contributed by atoms with Crippen molar-refractivity contribution in [3.05, 3.63) is 56.5 Å². The molecule has 2 aromatic rings. The maximum absolute atomic E-state index is 13.8. The van der Waals surface area contributed by atoms with E-state index in [4.69, 9.17) is 45.3 Å². The highest BCUT2D eigenvalue weighted by atomic mass is 35.5. The summed E-state index contributed by atoms with van der Waals surface area (Å²) in [5, 5.41) is 4.19. The molecule has 2 heterocycles. The standard InChI is InChI=1S/C26H31Cl3N4O5S/c1-26(2,3)31-14-15-10-23-17(12-19(15)28)21(6-9-38-23)32-7-8-33(22(25(32)35)13-24(30)34)39(36,37)16-4-5-18(27)20(29)11-16/h4-5,10-12,21-22,31H,6-9,13-14H2,1-3H3,(H2,30,34)/t21-,22?/m1/s1. The van der Waals surface area contributed by atoms with Crippen molar-refractivity contribution >= 4 is 56.6 Å². The molecule has 9 nitrogen and oxygen atoms in total. The number of nitrogens with one attached hydrogen (secondary N) is 1. The van der Waals surface area contributed by atoms with Gasteiger partial charge >= 0.3 is 0 Å². The fourth-order valence-corrected chi connectivity index (χ4v) is 6.99. The molecule has 212 valence electrons. The third-order valence-corrected chi connectivity index (χ3v) is 9.74. The molecule has 3 N–H and O–H groups in total. The van der Waals surface area contributed by atoms with Crippen LogP contribution in [0.15, 0.2) is 35.2 Å². The van der Waals surface area contributed by atoms with E-state index in [0.29, 0.717) is 30.3 Å². The summed E-state index contributed by atoms with van der Waals surface area (Å²) in [4.78, 5) is 27.3. The Balaban J connectivity index is 1.65. The van der Waals surface area contributed by atoms with Gasteiger partial charge in [-0.25, -0.2) is 8.42 Å². The summed E-state index contributed by atoms with van der Waals surface area (Å²) in [5.41, 5.74) is 6.94. The van der Waals surface area contributed by atoms with E-state index in [-0.39, 0.29) is 33.6 Å². The maximum Gasteiger partial charge on any atom is 0.243 e. The Bertz CT molecular complexity index is 1400. The van der Waals surface area contributed by atoms with Crippen LogP contribution in [0, 0.1) is 0 Å². The highest BCUT2D eigenvalue weighted by molar-refractivity contribution is 7.89. The van der Waals surface area contributed by atoms with Crippen LogP contribution in [0.4, 0.5) is 0 Å². The van der Waals surface area contributed by atoms with Gasteiger partial charge in [0.05, 0.1) is 34.0 Å². The Morgan fingerprint density at radius 3 is 2.46 bits per heavy atom. The zero-order valence-corrected chi connectivity index (χ0v) is 24.9. The summed E-state index contributed by atoms with van der Waals surface area (Å²) >= 11 is 18.6. The van der Waals surface area contributed by atoms with Crippen molar-refractivity contribution in [3.63, 3.8) is 0 Å². The third-order valence-electron chi connectivity index (χ3n) is 6.74. The molecule has 2 aliphatic heterocycles. The Labute approximate surface area is 243 Å². The van der Waals surface area contributed by atoms with Crippen LogP contribution < -0.4 is 15.8 Å². The molecule has 1 fully saturated rings. The number of nitrogens with zero attached hydrogens (tertiary/aromatic N) is 2. The Morgan fingerprint density at radius 1 is 1.10 bits per heavy atom. The average Bonchev–Trinajstić information content (AvgIpc) is 2.84. The summed E-state index contributed by atoms with van der Waals surface area (Å²) in [7, 11) is -4.19. The van der Waals surface area contributed by atoms with Crippen molar-refractivity contribution in [3.8, 4) is 5.75 Å². The number of benzene rings is 2. The van der Waals surface area contributed by atoms with Crippen LogP contribution in [-0.4, -0.2) is 60.7 Å². The van der Waals surface area contributed by atoms with E-state index >= 15 is 0 Å². The number of ether oxygens (including phenoxy) is 1. The second-order valence-corrected chi connectivity index (χ2v) is 13.8. The number of hydrogen-bond acceptors (Lipinski definition) is 6. The van der Waals surface area contributed by atoms with Gasteiger partial charge in [0.1, 0.15) is 11.8 Å². The topological polar surface area (TPSA) is 122 Å². The molecule has 2 amide bonds. The smallest absolute Gasteiger partial charge is 0.243 e. The molecule has 0 spiro atoms. The Kier molecular flexibility index (Phi) is 8.76. The first-order chi connectivity index (χ1) is 18.2. The van der Waals surface area contributed by atoms with E-state index < -0.39 is 40.3 Å². The predicted molar refractivity (Wildman–Crippen MR) is 151 cm³/mol. The SMILES string of the molecule is CC(C)(C)NCc1cc2c(cc1Cl)[C@H](N1CCN(S(=O)(=O)c3ccc(Cl)c(Cl)c3)C(CC(N)=O)C1=O)CCO2. The van der Waals surface area contributed by atoms with E-state index in [0.717, 1.165) is 15.4 Å². The third kappa shape index (κ3) is 6.47. The van der Waals surface area contributed by atoms with Gasteiger partial charge in [-0.05, 0) is 56.7 Å². The lowest BCUT2D eigenvalue weighted by Crippen LogP contribution is -2.60. The number of carbonyl (C=O) groups excluding carboxylic acids is 2. The van der Waals surface area contributed by atoms with Gasteiger partial charge in [0.15, 0.2) is 0 Å². The Hall–Kier alpha value is -2.08. The zero-order chi connectivity index (χ0) is 28.7. The quantitative estimate of drug-likeness (QED) is 0.482. The van der Waals surface area contributed by atoms with Crippen molar-refractivity contribution in [1.29, 1.82) is 0 Å². The van der Waals surface area contributed by atoms with Crippen LogP contribution in [0.1, 0.15) is 50.8 Å². The summed E-state index contributed by atoms with van der Waals surface area (Å²) in [6.45, 7) is 7.13. The first-order valence-electron chi connectivity index (χ1n) is 12.4. The molecule has 39 heavy (non-hydrogen) atoms. The lowest BCUT2D eigenvalue weighted by atomic mass is 9.95. The first-order valence-corrected chi connectivity index (χ1v) is 15.0. The highest BCUT2D eigenvalue weighted by Crippen LogP contribution is 2.41. The molecule has 1 unspecified atom stereocenters. The first kappa shape index (κ1) is 29.9. The van der Waals surface area contributed by atoms with Gasteiger partial charge in [-0.3, -0.25) is 9.59 Å². The molecular formula is C26H31Cl3N4O5S. The van der Waals surface area contributed by atoms with E-state index in [1.807, 2.05) is 6.07 Å². The molecule has 4 rings (SSSR count). The van der Waals surface area contributed by atoms with E-state index in [1.54, 1.807) is 11.0 Å². The molecule has 0 aliphatic carbocycles. The number of halogens is 3. The highest BCUT2D eigenvalue weighted by Gasteiger charge is 2.45. The fraction of sp³-hybridized carbons (Fsp3) is 0.462. The fourth-order valence-electron chi connectivity index (χ4n) is 4.79. The number of fused-ring (bicyclic) bond motifs is 1. The molecule has 2 atom stereocenters. The van der Waals surface area contributed by atoms with E-state index in [9.17, 15) is 18.0 Å². The second kappa shape index (κ2) is 11.4. The van der Waals surface area contributed by atoms with Gasteiger partial charge in [0.25, 0.3) is 0 Å². The summed E-state index contributed by atoms with van der Waals surface area (Å²) in [6, 6.07) is 5.85. The molecule has 13 heteroatoms. The number of primary amides is 1. The van der Waals surface area contributed by atoms with Crippen LogP contribution >= 0.6 is 34.8 Å². The maximum atomic E-state index is 13.8. The largest absolute Gasteiger partial charge is 0.493 e. The normalized spacial score (nSPS) is 20.5. The molecule has 0 aromatic heterocycles. The lowest BCUT2D eigenvalue weighted by molar-refractivity contribution is -0.144. The predicted octanol–water partition coefficient (Wildman–Crippen LogP) is 4.14. The van der Waals surface area contributed by atoms with Crippen LogP contribution in [-0.2, 0) is 26.2 Å². The Morgan fingerprint density at radius 2 is 1.82 bits per heavy atom. The zero-order valence-electron chi connectivity index (χ0n) is 21.8. The van der Waals surface area contributed by atoms with Crippen LogP contribution in [0.25, 0.3) is 0 Å². The minimum absolute atomic E-state index is 0.0414. The van der Waals surface area contributed by atoms with Gasteiger partial charge in [0, 0.05) is 42.2 Å². The monoisotopic (exact) mass is 616 g/mol. The van der Waals surface area contributed by atoms with Crippen molar-refractivity contribution in [2.45, 2.75) is 62.7 Å². The van der Waals surface area contributed by atoms with Gasteiger partial charge in [-0.15, -0.1) is 0 Å². The van der Waals surface area contributed by atoms with Gasteiger partial charge in [0.2, 0.25) is 21.8 Å². The molecule has 0 saturated carbocycles. The van der Waals surface area contributed by atoms with Gasteiger partial charge < -0.3 is 20.7 Å². The number of hydrogen-bond donors (Lipinski definition) is 2. The van der Waals surface area contributed by atoms with E-state index in [1.165, 1.54) is 18.2 Å². The van der Waals surface area contributed by atoms with Gasteiger partial charge in [-0.2, -0.15) is 4.31 Å². The average molecular weight is 618 g/mol. The number of piperazine rings is 1. The van der Waals surface area contributed by atoms with Crippen molar-refractivity contribution in [2.75, 3.05) is 19.7 Å². The van der Waals surface area contributed by atoms with Crippen molar-refractivity contribution in [2.24, 2.45) is 5.73 Å². The lowest BCUT2D eigenvalue weighted by Gasteiger charge is -2.44. The number of sulfonamides is 1. The van der Waals surface area contributed by atoms with Crippen LogP contribution in [0.2, 0.25) is 15.1 Å². The molecule has 1 saturated heterocycles. The number of nitrogens with two attached hydrogens (primary N) is 1. The molecule has 2 aromatic carbocycles. The second-order valence-electron chi connectivity index (χ2n) is 10.6. The molecule has 2 aliphatic rings. The van der Waals surface area contributed by atoms with Crippen molar-refractivity contribution < 1.29 is 22.7 Å². The number of rotatable bonds is 7. The molecule has 0 radical (unpaired) electrons. The van der Waals surface area contributed by atoms with Crippen LogP contribution in [0.3, 0.4) is 0 Å². The van der Waals surface area contributed by atoms with Gasteiger partial charge in [-0.1, -0.05) is 34.8 Å².